The standard InChI is InChI=1S/C12H17NO3.ClH/c1-2-7-16-10-5-3-9(4-6-10)8-11(13)12(14)15;/h3-6,11H,2,7-8,13H2,1H3,(H,14,15);1H/t11-;/m0./s1. The van der Waals surface area contributed by atoms with Crippen LogP contribution in [-0.2, 0) is 11.2 Å². The van der Waals surface area contributed by atoms with Gasteiger partial charge in [0.2, 0.25) is 0 Å². The Morgan fingerprint density at radius 1 is 1.41 bits per heavy atom. The fourth-order valence-electron chi connectivity index (χ4n) is 1.28. The van der Waals surface area contributed by atoms with Gasteiger partial charge in [0.05, 0.1) is 6.61 Å². The molecule has 0 saturated carbocycles. The molecule has 17 heavy (non-hydrogen) atoms. The van der Waals surface area contributed by atoms with Gasteiger partial charge in [-0.15, -0.1) is 12.4 Å². The Morgan fingerprint density at radius 2 is 2.00 bits per heavy atom. The zero-order chi connectivity index (χ0) is 12.0. The molecule has 0 aliphatic carbocycles. The summed E-state index contributed by atoms with van der Waals surface area (Å²) >= 11 is 0. The lowest BCUT2D eigenvalue weighted by Crippen LogP contribution is -2.32. The molecule has 0 aliphatic rings. The van der Waals surface area contributed by atoms with Crippen LogP contribution in [0.25, 0.3) is 0 Å². The third-order valence-electron chi connectivity index (χ3n) is 2.17. The SMILES string of the molecule is CCCOc1ccc(C[C@H](N)C(=O)O)cc1.Cl. The fourth-order valence-corrected chi connectivity index (χ4v) is 1.28. The van der Waals surface area contributed by atoms with Gasteiger partial charge in [0.1, 0.15) is 11.8 Å². The normalized spacial score (nSPS) is 11.4. The highest BCUT2D eigenvalue weighted by molar-refractivity contribution is 5.85. The van der Waals surface area contributed by atoms with E-state index >= 15 is 0 Å². The number of carboxylic acid groups (broad SMARTS) is 1. The zero-order valence-electron chi connectivity index (χ0n) is 9.76. The third-order valence-corrected chi connectivity index (χ3v) is 2.17. The topological polar surface area (TPSA) is 72.5 Å². The van der Waals surface area contributed by atoms with Gasteiger partial charge in [-0.25, -0.2) is 0 Å². The van der Waals surface area contributed by atoms with E-state index in [1.54, 1.807) is 0 Å². The summed E-state index contributed by atoms with van der Waals surface area (Å²) in [6.45, 7) is 2.73. The summed E-state index contributed by atoms with van der Waals surface area (Å²) in [6, 6.07) is 6.50. The highest BCUT2D eigenvalue weighted by Gasteiger charge is 2.11. The Bertz CT molecular complexity index is 340. The van der Waals surface area contributed by atoms with E-state index in [2.05, 4.69) is 0 Å². The summed E-state index contributed by atoms with van der Waals surface area (Å²) in [5.41, 5.74) is 6.34. The average Bonchev–Trinajstić information content (AvgIpc) is 2.28. The summed E-state index contributed by atoms with van der Waals surface area (Å²) in [5.74, 6) is -0.180. The molecular formula is C12H18ClNO3. The van der Waals surface area contributed by atoms with E-state index < -0.39 is 12.0 Å². The van der Waals surface area contributed by atoms with Crippen molar-refractivity contribution in [2.75, 3.05) is 6.61 Å². The molecule has 1 aromatic rings. The Balaban J connectivity index is 0.00000256. The Hall–Kier alpha value is -1.26. The minimum atomic E-state index is -0.980. The third kappa shape index (κ3) is 5.56. The number of carboxylic acids is 1. The van der Waals surface area contributed by atoms with Crippen LogP contribution in [-0.4, -0.2) is 23.7 Å². The molecule has 5 heteroatoms. The maximum Gasteiger partial charge on any atom is 0.320 e. The molecule has 1 rings (SSSR count). The molecule has 96 valence electrons. The van der Waals surface area contributed by atoms with E-state index in [-0.39, 0.29) is 12.4 Å². The number of halogens is 1. The van der Waals surface area contributed by atoms with E-state index in [9.17, 15) is 4.79 Å². The van der Waals surface area contributed by atoms with Crippen molar-refractivity contribution in [2.24, 2.45) is 5.73 Å². The van der Waals surface area contributed by atoms with Crippen LogP contribution in [0.2, 0.25) is 0 Å². The maximum absolute atomic E-state index is 10.6. The molecule has 1 aromatic carbocycles. The molecule has 0 spiro atoms. The lowest BCUT2D eigenvalue weighted by Gasteiger charge is -2.08. The molecule has 4 nitrogen and oxygen atoms in total. The predicted molar refractivity (Wildman–Crippen MR) is 68.8 cm³/mol. The van der Waals surface area contributed by atoms with Crippen LogP contribution in [0.3, 0.4) is 0 Å². The molecule has 0 unspecified atom stereocenters. The van der Waals surface area contributed by atoms with Crippen molar-refractivity contribution in [3.63, 3.8) is 0 Å². The number of ether oxygens (including phenoxy) is 1. The van der Waals surface area contributed by atoms with Crippen molar-refractivity contribution in [1.29, 1.82) is 0 Å². The Kier molecular flexibility index (Phi) is 7.34. The van der Waals surface area contributed by atoms with Gasteiger partial charge in [0, 0.05) is 0 Å². The molecule has 1 atom stereocenters. The zero-order valence-corrected chi connectivity index (χ0v) is 10.6. The van der Waals surface area contributed by atoms with E-state index in [0.29, 0.717) is 13.0 Å². The number of carbonyl (C=O) groups is 1. The summed E-state index contributed by atoms with van der Waals surface area (Å²) in [4.78, 5) is 10.6. The summed E-state index contributed by atoms with van der Waals surface area (Å²) in [6.07, 6.45) is 1.30. The monoisotopic (exact) mass is 259 g/mol. The fraction of sp³-hybridized carbons (Fsp3) is 0.417. The van der Waals surface area contributed by atoms with Gasteiger partial charge in [-0.3, -0.25) is 4.79 Å². The highest BCUT2D eigenvalue weighted by atomic mass is 35.5. The first-order chi connectivity index (χ1) is 7.63. The van der Waals surface area contributed by atoms with Crippen LogP contribution in [0.15, 0.2) is 24.3 Å². The van der Waals surface area contributed by atoms with E-state index in [1.807, 2.05) is 31.2 Å². The molecule has 3 N–H and O–H groups in total. The average molecular weight is 260 g/mol. The lowest BCUT2D eigenvalue weighted by molar-refractivity contribution is -0.138. The molecule has 0 radical (unpaired) electrons. The van der Waals surface area contributed by atoms with Gasteiger partial charge in [-0.05, 0) is 30.5 Å². The molecule has 0 amide bonds. The Morgan fingerprint density at radius 3 is 2.47 bits per heavy atom. The summed E-state index contributed by atoms with van der Waals surface area (Å²) < 4.78 is 5.42. The van der Waals surface area contributed by atoms with Gasteiger partial charge >= 0.3 is 5.97 Å². The van der Waals surface area contributed by atoms with Crippen molar-refractivity contribution in [3.05, 3.63) is 29.8 Å². The summed E-state index contributed by atoms with van der Waals surface area (Å²) in [7, 11) is 0. The van der Waals surface area contributed by atoms with Gasteiger partial charge in [0.25, 0.3) is 0 Å². The molecule has 0 bridgehead atoms. The molecule has 0 heterocycles. The van der Waals surface area contributed by atoms with Crippen molar-refractivity contribution in [3.8, 4) is 5.75 Å². The first-order valence-corrected chi connectivity index (χ1v) is 5.33. The first-order valence-electron chi connectivity index (χ1n) is 5.33. The van der Waals surface area contributed by atoms with Crippen LogP contribution in [0, 0.1) is 0 Å². The molecule has 0 aromatic heterocycles. The second-order valence-electron chi connectivity index (χ2n) is 3.64. The van der Waals surface area contributed by atoms with Gasteiger partial charge in [-0.1, -0.05) is 19.1 Å². The molecule has 0 saturated heterocycles. The van der Waals surface area contributed by atoms with Crippen molar-refractivity contribution in [2.45, 2.75) is 25.8 Å². The second kappa shape index (κ2) is 7.92. The van der Waals surface area contributed by atoms with Gasteiger partial charge in [-0.2, -0.15) is 0 Å². The number of aliphatic carboxylic acids is 1. The molecule has 0 fully saturated rings. The predicted octanol–water partition coefficient (Wildman–Crippen LogP) is 1.85. The van der Waals surface area contributed by atoms with Gasteiger partial charge in [0.15, 0.2) is 0 Å². The lowest BCUT2D eigenvalue weighted by atomic mass is 10.1. The minimum Gasteiger partial charge on any atom is -0.494 e. The van der Waals surface area contributed by atoms with Crippen molar-refractivity contribution >= 4 is 18.4 Å². The van der Waals surface area contributed by atoms with E-state index in [0.717, 1.165) is 17.7 Å². The molecule has 0 aliphatic heterocycles. The number of rotatable bonds is 6. The van der Waals surface area contributed by atoms with Crippen molar-refractivity contribution < 1.29 is 14.6 Å². The van der Waals surface area contributed by atoms with Gasteiger partial charge < -0.3 is 15.6 Å². The van der Waals surface area contributed by atoms with Crippen molar-refractivity contribution in [1.82, 2.24) is 0 Å². The summed E-state index contributed by atoms with van der Waals surface area (Å²) in [5, 5.41) is 8.66. The Labute approximate surface area is 107 Å². The van der Waals surface area contributed by atoms with E-state index in [4.69, 9.17) is 15.6 Å². The second-order valence-corrected chi connectivity index (χ2v) is 3.64. The van der Waals surface area contributed by atoms with Crippen LogP contribution < -0.4 is 10.5 Å². The van der Waals surface area contributed by atoms with Crippen LogP contribution in [0.4, 0.5) is 0 Å². The van der Waals surface area contributed by atoms with Crippen LogP contribution >= 0.6 is 12.4 Å². The number of benzene rings is 1. The van der Waals surface area contributed by atoms with Crippen LogP contribution in [0.1, 0.15) is 18.9 Å². The highest BCUT2D eigenvalue weighted by Crippen LogP contribution is 2.13. The van der Waals surface area contributed by atoms with Crippen LogP contribution in [0.5, 0.6) is 5.75 Å². The van der Waals surface area contributed by atoms with E-state index in [1.165, 1.54) is 0 Å². The number of nitrogens with two attached hydrogens (primary N) is 1. The minimum absolute atomic E-state index is 0. The smallest absolute Gasteiger partial charge is 0.320 e. The largest absolute Gasteiger partial charge is 0.494 e. The maximum atomic E-state index is 10.6. The quantitative estimate of drug-likeness (QED) is 0.818. The number of hydrogen-bond acceptors (Lipinski definition) is 3. The molecular weight excluding hydrogens is 242 g/mol. The number of hydrogen-bond donors (Lipinski definition) is 2. The first kappa shape index (κ1) is 15.7.